The Hall–Kier alpha value is -2.40. The molecule has 0 saturated carbocycles. The minimum absolute atomic E-state index is 0.0579. The Morgan fingerprint density at radius 1 is 1.12 bits per heavy atom. The first kappa shape index (κ1) is 18.4. The topological polar surface area (TPSA) is 48.5 Å². The van der Waals surface area contributed by atoms with E-state index < -0.39 is 0 Å². The van der Waals surface area contributed by atoms with Crippen LogP contribution in [0.3, 0.4) is 0 Å². The van der Waals surface area contributed by atoms with Crippen LogP contribution in [0.5, 0.6) is 0 Å². The summed E-state index contributed by atoms with van der Waals surface area (Å²) in [7, 11) is 0. The van der Waals surface area contributed by atoms with Gasteiger partial charge in [0, 0.05) is 56.6 Å². The third-order valence-corrected chi connectivity index (χ3v) is 4.98. The Labute approximate surface area is 156 Å². The molecular formula is C21H28N4O. The van der Waals surface area contributed by atoms with E-state index in [0.29, 0.717) is 6.04 Å². The van der Waals surface area contributed by atoms with Crippen LogP contribution < -0.4 is 10.2 Å². The number of carbonyl (C=O) groups excluding carboxylic acids is 1. The molecule has 2 heterocycles. The number of benzene rings is 1. The molecule has 0 bridgehead atoms. The number of carbonyl (C=O) groups is 1. The van der Waals surface area contributed by atoms with Crippen molar-refractivity contribution in [1.82, 2.24) is 9.88 Å². The van der Waals surface area contributed by atoms with Gasteiger partial charge in [-0.2, -0.15) is 0 Å². The minimum atomic E-state index is -0.0579. The molecular weight excluding hydrogens is 324 g/mol. The first-order valence-corrected chi connectivity index (χ1v) is 9.27. The lowest BCUT2D eigenvalue weighted by molar-refractivity contribution is -0.114. The van der Waals surface area contributed by atoms with E-state index in [1.54, 1.807) is 0 Å². The quantitative estimate of drug-likeness (QED) is 0.914. The lowest BCUT2D eigenvalue weighted by atomic mass is 10.0. The van der Waals surface area contributed by atoms with Gasteiger partial charge >= 0.3 is 0 Å². The summed E-state index contributed by atoms with van der Waals surface area (Å²) in [5, 5.41) is 2.80. The number of anilines is 2. The molecule has 1 amide bonds. The molecule has 1 aliphatic rings. The Kier molecular flexibility index (Phi) is 5.57. The summed E-state index contributed by atoms with van der Waals surface area (Å²) in [5.41, 5.74) is 4.27. The number of pyridine rings is 1. The van der Waals surface area contributed by atoms with Gasteiger partial charge in [-0.05, 0) is 50.1 Å². The molecule has 138 valence electrons. The van der Waals surface area contributed by atoms with Crippen LogP contribution in [0.15, 0.2) is 36.5 Å². The van der Waals surface area contributed by atoms with Crippen molar-refractivity contribution in [3.05, 3.63) is 42.1 Å². The minimum Gasteiger partial charge on any atom is -0.354 e. The maximum Gasteiger partial charge on any atom is 0.221 e. The standard InChI is InChI=1S/C21H28N4O/c1-15(2)24-9-11-25(12-10-24)21-13-16(3)20(14-22-21)18-5-7-19(8-6-18)23-17(4)26/h5-8,13-15H,9-12H2,1-4H3,(H,23,26). The van der Waals surface area contributed by atoms with E-state index in [2.05, 4.69) is 42.0 Å². The molecule has 1 saturated heterocycles. The lowest BCUT2D eigenvalue weighted by Gasteiger charge is -2.37. The highest BCUT2D eigenvalue weighted by Crippen LogP contribution is 2.27. The zero-order valence-electron chi connectivity index (χ0n) is 16.1. The number of amides is 1. The zero-order chi connectivity index (χ0) is 18.7. The van der Waals surface area contributed by atoms with Crippen molar-refractivity contribution < 1.29 is 4.79 Å². The number of nitrogens with one attached hydrogen (secondary N) is 1. The predicted molar refractivity (Wildman–Crippen MR) is 108 cm³/mol. The Balaban J connectivity index is 1.73. The van der Waals surface area contributed by atoms with Crippen LogP contribution in [0.4, 0.5) is 11.5 Å². The van der Waals surface area contributed by atoms with E-state index in [9.17, 15) is 4.79 Å². The molecule has 1 aromatic carbocycles. The van der Waals surface area contributed by atoms with Gasteiger partial charge in [-0.15, -0.1) is 0 Å². The maximum absolute atomic E-state index is 11.1. The Bertz CT molecular complexity index is 762. The van der Waals surface area contributed by atoms with Crippen molar-refractivity contribution in [1.29, 1.82) is 0 Å². The largest absolute Gasteiger partial charge is 0.354 e. The summed E-state index contributed by atoms with van der Waals surface area (Å²) in [4.78, 5) is 20.7. The molecule has 0 unspecified atom stereocenters. The number of hydrogen-bond acceptors (Lipinski definition) is 4. The number of rotatable bonds is 4. The van der Waals surface area contributed by atoms with Crippen LogP contribution >= 0.6 is 0 Å². The summed E-state index contributed by atoms with van der Waals surface area (Å²) >= 11 is 0. The van der Waals surface area contributed by atoms with Gasteiger partial charge in [0.2, 0.25) is 5.91 Å². The van der Waals surface area contributed by atoms with Crippen molar-refractivity contribution >= 4 is 17.4 Å². The van der Waals surface area contributed by atoms with E-state index in [1.165, 1.54) is 12.5 Å². The number of nitrogens with zero attached hydrogens (tertiary/aromatic N) is 3. The average molecular weight is 352 g/mol. The molecule has 1 aromatic heterocycles. The fourth-order valence-electron chi connectivity index (χ4n) is 3.42. The number of aromatic nitrogens is 1. The molecule has 2 aromatic rings. The van der Waals surface area contributed by atoms with Crippen molar-refractivity contribution in [2.24, 2.45) is 0 Å². The number of piperazine rings is 1. The van der Waals surface area contributed by atoms with Crippen molar-refractivity contribution in [2.45, 2.75) is 33.7 Å². The summed E-state index contributed by atoms with van der Waals surface area (Å²) < 4.78 is 0. The molecule has 0 radical (unpaired) electrons. The van der Waals surface area contributed by atoms with Crippen LogP contribution in [-0.4, -0.2) is 48.0 Å². The summed E-state index contributed by atoms with van der Waals surface area (Å²) in [5.74, 6) is 1.00. The van der Waals surface area contributed by atoms with E-state index in [4.69, 9.17) is 4.98 Å². The predicted octanol–water partition coefficient (Wildman–Crippen LogP) is 3.55. The fourth-order valence-corrected chi connectivity index (χ4v) is 3.42. The maximum atomic E-state index is 11.1. The number of hydrogen-bond donors (Lipinski definition) is 1. The van der Waals surface area contributed by atoms with Gasteiger partial charge in [-0.25, -0.2) is 4.98 Å². The molecule has 0 spiro atoms. The van der Waals surface area contributed by atoms with Crippen LogP contribution in [0.25, 0.3) is 11.1 Å². The van der Waals surface area contributed by atoms with E-state index in [1.807, 2.05) is 30.5 Å². The third-order valence-electron chi connectivity index (χ3n) is 4.98. The normalized spacial score (nSPS) is 15.3. The SMILES string of the molecule is CC(=O)Nc1ccc(-c2cnc(N3CCN(C(C)C)CC3)cc2C)cc1. The van der Waals surface area contributed by atoms with Gasteiger partial charge < -0.3 is 10.2 Å². The second kappa shape index (κ2) is 7.87. The first-order chi connectivity index (χ1) is 12.4. The molecule has 5 nitrogen and oxygen atoms in total. The summed E-state index contributed by atoms with van der Waals surface area (Å²) in [6, 6.07) is 10.7. The molecule has 1 fully saturated rings. The van der Waals surface area contributed by atoms with E-state index >= 15 is 0 Å². The van der Waals surface area contributed by atoms with Gasteiger partial charge in [0.05, 0.1) is 0 Å². The third kappa shape index (κ3) is 4.22. The smallest absolute Gasteiger partial charge is 0.221 e. The van der Waals surface area contributed by atoms with Crippen LogP contribution in [0.1, 0.15) is 26.3 Å². The van der Waals surface area contributed by atoms with Gasteiger partial charge in [-0.3, -0.25) is 9.69 Å². The van der Waals surface area contributed by atoms with Gasteiger partial charge in [0.1, 0.15) is 5.82 Å². The zero-order valence-corrected chi connectivity index (χ0v) is 16.1. The van der Waals surface area contributed by atoms with Crippen molar-refractivity contribution in [2.75, 3.05) is 36.4 Å². The molecule has 5 heteroatoms. The summed E-state index contributed by atoms with van der Waals surface area (Å²) in [6.45, 7) is 12.4. The molecule has 26 heavy (non-hydrogen) atoms. The Morgan fingerprint density at radius 3 is 2.31 bits per heavy atom. The monoisotopic (exact) mass is 352 g/mol. The van der Waals surface area contributed by atoms with E-state index in [-0.39, 0.29) is 5.91 Å². The second-order valence-electron chi connectivity index (χ2n) is 7.23. The van der Waals surface area contributed by atoms with E-state index in [0.717, 1.165) is 48.8 Å². The van der Waals surface area contributed by atoms with Crippen LogP contribution in [0.2, 0.25) is 0 Å². The first-order valence-electron chi connectivity index (χ1n) is 9.27. The summed E-state index contributed by atoms with van der Waals surface area (Å²) in [6.07, 6.45) is 1.97. The Morgan fingerprint density at radius 2 is 1.77 bits per heavy atom. The van der Waals surface area contributed by atoms with Gasteiger partial charge in [0.25, 0.3) is 0 Å². The van der Waals surface area contributed by atoms with Crippen LogP contribution in [-0.2, 0) is 4.79 Å². The van der Waals surface area contributed by atoms with Gasteiger partial charge in [0.15, 0.2) is 0 Å². The average Bonchev–Trinajstić information content (AvgIpc) is 2.62. The highest BCUT2D eigenvalue weighted by Gasteiger charge is 2.20. The number of aryl methyl sites for hydroxylation is 1. The highest BCUT2D eigenvalue weighted by atomic mass is 16.1. The van der Waals surface area contributed by atoms with Crippen molar-refractivity contribution in [3.8, 4) is 11.1 Å². The van der Waals surface area contributed by atoms with Gasteiger partial charge in [-0.1, -0.05) is 12.1 Å². The molecule has 0 atom stereocenters. The lowest BCUT2D eigenvalue weighted by Crippen LogP contribution is -2.49. The molecule has 1 aliphatic heterocycles. The van der Waals surface area contributed by atoms with Crippen molar-refractivity contribution in [3.63, 3.8) is 0 Å². The fraction of sp³-hybridized carbons (Fsp3) is 0.429. The second-order valence-corrected chi connectivity index (χ2v) is 7.23. The molecule has 3 rings (SSSR count). The van der Waals surface area contributed by atoms with Crippen LogP contribution in [0, 0.1) is 6.92 Å². The molecule has 1 N–H and O–H groups in total. The highest BCUT2D eigenvalue weighted by molar-refractivity contribution is 5.89. The molecule has 0 aliphatic carbocycles.